The number of benzene rings is 1. The van der Waals surface area contributed by atoms with E-state index >= 15 is 0 Å². The summed E-state index contributed by atoms with van der Waals surface area (Å²) in [6.07, 6.45) is 2.40. The molecule has 2 aromatic rings. The van der Waals surface area contributed by atoms with Crippen molar-refractivity contribution in [1.29, 1.82) is 0 Å². The highest BCUT2D eigenvalue weighted by Crippen LogP contribution is 2.25. The molecule has 0 aliphatic carbocycles. The van der Waals surface area contributed by atoms with Crippen LogP contribution in [0.5, 0.6) is 0 Å². The fourth-order valence-corrected chi connectivity index (χ4v) is 3.43. The molecule has 0 amide bonds. The van der Waals surface area contributed by atoms with Gasteiger partial charge in [-0.2, -0.15) is 5.10 Å². The summed E-state index contributed by atoms with van der Waals surface area (Å²) >= 11 is 15.6. The first kappa shape index (κ1) is 16.8. The van der Waals surface area contributed by atoms with E-state index in [0.29, 0.717) is 10.0 Å². The SMILES string of the molecule is CCc1nn(C)c(CC(N)Cc2ccc(Cl)c(Cl)c2)c1Br. The number of hydrogen-bond acceptors (Lipinski definition) is 2. The molecule has 0 aliphatic rings. The van der Waals surface area contributed by atoms with Crippen LogP contribution in [0, 0.1) is 0 Å². The third kappa shape index (κ3) is 4.01. The van der Waals surface area contributed by atoms with Crippen molar-refractivity contribution in [3.05, 3.63) is 49.7 Å². The summed E-state index contributed by atoms with van der Waals surface area (Å²) in [4.78, 5) is 0. The van der Waals surface area contributed by atoms with Gasteiger partial charge >= 0.3 is 0 Å². The molecule has 3 nitrogen and oxygen atoms in total. The Morgan fingerprint density at radius 3 is 2.57 bits per heavy atom. The van der Waals surface area contributed by atoms with Crippen molar-refractivity contribution in [2.75, 3.05) is 0 Å². The number of rotatable bonds is 5. The van der Waals surface area contributed by atoms with Gasteiger partial charge in [0.2, 0.25) is 0 Å². The average molecular weight is 391 g/mol. The van der Waals surface area contributed by atoms with Crippen LogP contribution in [-0.2, 0) is 26.3 Å². The molecule has 2 N–H and O–H groups in total. The van der Waals surface area contributed by atoms with Crippen LogP contribution in [0.3, 0.4) is 0 Å². The first-order valence-corrected chi connectivity index (χ1v) is 8.37. The smallest absolute Gasteiger partial charge is 0.0766 e. The fraction of sp³-hybridized carbons (Fsp3) is 0.400. The number of halogens is 3. The highest BCUT2D eigenvalue weighted by atomic mass is 79.9. The van der Waals surface area contributed by atoms with E-state index < -0.39 is 0 Å². The monoisotopic (exact) mass is 389 g/mol. The molecule has 0 fully saturated rings. The highest BCUT2D eigenvalue weighted by Gasteiger charge is 2.16. The zero-order chi connectivity index (χ0) is 15.6. The van der Waals surface area contributed by atoms with Gasteiger partial charge in [-0.25, -0.2) is 0 Å². The second kappa shape index (κ2) is 7.14. The fourth-order valence-electron chi connectivity index (χ4n) is 2.33. The van der Waals surface area contributed by atoms with Gasteiger partial charge in [0.1, 0.15) is 0 Å². The number of nitrogens with two attached hydrogens (primary N) is 1. The Hall–Kier alpha value is -0.550. The Labute approximate surface area is 143 Å². The Balaban J connectivity index is 2.09. The topological polar surface area (TPSA) is 43.8 Å². The molecule has 1 unspecified atom stereocenters. The van der Waals surface area contributed by atoms with Crippen molar-refractivity contribution in [3.63, 3.8) is 0 Å². The molecule has 6 heteroatoms. The van der Waals surface area contributed by atoms with Crippen LogP contribution in [0.25, 0.3) is 0 Å². The van der Waals surface area contributed by atoms with Gasteiger partial charge in [0, 0.05) is 19.5 Å². The van der Waals surface area contributed by atoms with Crippen LogP contribution < -0.4 is 5.73 Å². The van der Waals surface area contributed by atoms with Gasteiger partial charge in [-0.15, -0.1) is 0 Å². The van der Waals surface area contributed by atoms with Crippen molar-refractivity contribution in [1.82, 2.24) is 9.78 Å². The van der Waals surface area contributed by atoms with Crippen LogP contribution in [0.4, 0.5) is 0 Å². The minimum Gasteiger partial charge on any atom is -0.327 e. The summed E-state index contributed by atoms with van der Waals surface area (Å²) in [5.74, 6) is 0. The number of aryl methyl sites for hydroxylation is 2. The number of aromatic nitrogens is 2. The molecule has 0 spiro atoms. The largest absolute Gasteiger partial charge is 0.327 e. The standard InChI is InChI=1S/C15H18BrCl2N3/c1-3-13-15(16)14(21(2)20-13)8-10(19)6-9-4-5-11(17)12(18)7-9/h4-5,7,10H,3,6,8,19H2,1-2H3. The molecular formula is C15H18BrCl2N3. The molecular weight excluding hydrogens is 373 g/mol. The Bertz CT molecular complexity index is 640. The van der Waals surface area contributed by atoms with Gasteiger partial charge in [-0.1, -0.05) is 36.2 Å². The third-order valence-electron chi connectivity index (χ3n) is 3.44. The van der Waals surface area contributed by atoms with Crippen LogP contribution in [-0.4, -0.2) is 15.8 Å². The zero-order valence-electron chi connectivity index (χ0n) is 12.0. The predicted octanol–water partition coefficient (Wildman–Crippen LogP) is 4.16. The van der Waals surface area contributed by atoms with Crippen molar-refractivity contribution < 1.29 is 0 Å². The maximum Gasteiger partial charge on any atom is 0.0766 e. The predicted molar refractivity (Wildman–Crippen MR) is 92.1 cm³/mol. The van der Waals surface area contributed by atoms with E-state index in [1.165, 1.54) is 0 Å². The summed E-state index contributed by atoms with van der Waals surface area (Å²) in [6.45, 7) is 2.09. The molecule has 114 valence electrons. The van der Waals surface area contributed by atoms with Gasteiger partial charge in [0.15, 0.2) is 0 Å². The Morgan fingerprint density at radius 1 is 1.29 bits per heavy atom. The molecule has 0 saturated heterocycles. The van der Waals surface area contributed by atoms with Crippen molar-refractivity contribution in [3.8, 4) is 0 Å². The molecule has 1 heterocycles. The number of nitrogens with zero attached hydrogens (tertiary/aromatic N) is 2. The van der Waals surface area contributed by atoms with Crippen LogP contribution in [0.15, 0.2) is 22.7 Å². The summed E-state index contributed by atoms with van der Waals surface area (Å²) in [5, 5.41) is 5.62. The molecule has 1 aromatic heterocycles. The van der Waals surface area contributed by atoms with Gasteiger partial charge in [-0.05, 0) is 46.5 Å². The lowest BCUT2D eigenvalue weighted by Gasteiger charge is -2.13. The Kier molecular flexibility index (Phi) is 5.72. The minimum absolute atomic E-state index is 0.00125. The lowest BCUT2D eigenvalue weighted by molar-refractivity contribution is 0.610. The molecule has 21 heavy (non-hydrogen) atoms. The van der Waals surface area contributed by atoms with E-state index in [1.807, 2.05) is 23.9 Å². The molecule has 2 rings (SSSR count). The van der Waals surface area contributed by atoms with Crippen molar-refractivity contribution >= 4 is 39.1 Å². The van der Waals surface area contributed by atoms with Crippen LogP contribution >= 0.6 is 39.1 Å². The highest BCUT2D eigenvalue weighted by molar-refractivity contribution is 9.10. The lowest BCUT2D eigenvalue weighted by atomic mass is 10.0. The quantitative estimate of drug-likeness (QED) is 0.832. The van der Waals surface area contributed by atoms with E-state index in [1.54, 1.807) is 6.07 Å². The minimum atomic E-state index is -0.00125. The van der Waals surface area contributed by atoms with E-state index in [4.69, 9.17) is 28.9 Å². The van der Waals surface area contributed by atoms with Gasteiger partial charge in [0.25, 0.3) is 0 Å². The molecule has 0 aliphatic heterocycles. The Morgan fingerprint density at radius 2 is 2.00 bits per heavy atom. The molecule has 0 radical (unpaired) electrons. The van der Waals surface area contributed by atoms with Crippen molar-refractivity contribution in [2.45, 2.75) is 32.2 Å². The summed E-state index contributed by atoms with van der Waals surface area (Å²) in [5.41, 5.74) is 9.55. The molecule has 1 aromatic carbocycles. The van der Waals surface area contributed by atoms with E-state index in [9.17, 15) is 0 Å². The summed E-state index contributed by atoms with van der Waals surface area (Å²) < 4.78 is 2.97. The molecule has 0 bridgehead atoms. The third-order valence-corrected chi connectivity index (χ3v) is 5.09. The van der Waals surface area contributed by atoms with Crippen molar-refractivity contribution in [2.24, 2.45) is 12.8 Å². The second-order valence-electron chi connectivity index (χ2n) is 5.10. The van der Waals surface area contributed by atoms with Gasteiger partial charge in [0.05, 0.1) is 25.9 Å². The second-order valence-corrected chi connectivity index (χ2v) is 6.71. The van der Waals surface area contributed by atoms with Crippen LogP contribution in [0.2, 0.25) is 10.0 Å². The first-order chi connectivity index (χ1) is 9.92. The first-order valence-electron chi connectivity index (χ1n) is 6.82. The number of hydrogen-bond donors (Lipinski definition) is 1. The van der Waals surface area contributed by atoms with E-state index in [0.717, 1.165) is 40.7 Å². The summed E-state index contributed by atoms with van der Waals surface area (Å²) in [6, 6.07) is 5.64. The van der Waals surface area contributed by atoms with E-state index in [-0.39, 0.29) is 6.04 Å². The molecule has 1 atom stereocenters. The molecule has 0 saturated carbocycles. The lowest BCUT2D eigenvalue weighted by Crippen LogP contribution is -2.26. The van der Waals surface area contributed by atoms with Gasteiger partial charge in [-0.3, -0.25) is 4.68 Å². The van der Waals surface area contributed by atoms with E-state index in [2.05, 4.69) is 28.0 Å². The normalized spacial score (nSPS) is 12.7. The maximum atomic E-state index is 6.28. The maximum absolute atomic E-state index is 6.28. The van der Waals surface area contributed by atoms with Gasteiger partial charge < -0.3 is 5.73 Å². The zero-order valence-corrected chi connectivity index (χ0v) is 15.1. The van der Waals surface area contributed by atoms with Crippen LogP contribution in [0.1, 0.15) is 23.9 Å². The average Bonchev–Trinajstić information content (AvgIpc) is 2.70. The summed E-state index contributed by atoms with van der Waals surface area (Å²) in [7, 11) is 1.95.